The van der Waals surface area contributed by atoms with Gasteiger partial charge in [0.25, 0.3) is 0 Å². The minimum Gasteiger partial charge on any atom is -0.497 e. The SMILES string of the molecule is CCNC(=NCc1ccc(OC)cc1)NCc1ccc(NC(=O)NC(C)C)cc1. The van der Waals surface area contributed by atoms with Gasteiger partial charge in [0.1, 0.15) is 5.75 Å². The summed E-state index contributed by atoms with van der Waals surface area (Å²) in [7, 11) is 1.66. The Morgan fingerprint density at radius 1 is 1.00 bits per heavy atom. The molecule has 7 heteroatoms. The number of carbonyl (C=O) groups is 1. The highest BCUT2D eigenvalue weighted by atomic mass is 16.5. The van der Waals surface area contributed by atoms with Crippen LogP contribution in [0.1, 0.15) is 31.9 Å². The van der Waals surface area contributed by atoms with E-state index in [0.717, 1.165) is 35.1 Å². The maximum Gasteiger partial charge on any atom is 0.319 e. The molecule has 4 N–H and O–H groups in total. The Morgan fingerprint density at radius 3 is 2.24 bits per heavy atom. The molecule has 0 spiro atoms. The number of amides is 2. The molecule has 0 radical (unpaired) electrons. The van der Waals surface area contributed by atoms with Gasteiger partial charge in [0.05, 0.1) is 13.7 Å². The number of aliphatic imine (C=N–C) groups is 1. The van der Waals surface area contributed by atoms with Gasteiger partial charge >= 0.3 is 6.03 Å². The third kappa shape index (κ3) is 8.13. The van der Waals surface area contributed by atoms with E-state index in [1.54, 1.807) is 7.11 Å². The van der Waals surface area contributed by atoms with Gasteiger partial charge in [-0.05, 0) is 56.2 Å². The molecular weight excluding hydrogens is 366 g/mol. The van der Waals surface area contributed by atoms with Crippen molar-refractivity contribution in [2.24, 2.45) is 4.99 Å². The van der Waals surface area contributed by atoms with E-state index in [9.17, 15) is 4.79 Å². The van der Waals surface area contributed by atoms with E-state index in [-0.39, 0.29) is 12.1 Å². The number of ether oxygens (including phenoxy) is 1. The molecule has 2 rings (SSSR count). The summed E-state index contributed by atoms with van der Waals surface area (Å²) in [5.41, 5.74) is 2.96. The summed E-state index contributed by atoms with van der Waals surface area (Å²) in [6.07, 6.45) is 0. The van der Waals surface area contributed by atoms with Crippen LogP contribution in [0.2, 0.25) is 0 Å². The quantitative estimate of drug-likeness (QED) is 0.406. The van der Waals surface area contributed by atoms with Crippen LogP contribution in [0.25, 0.3) is 0 Å². The van der Waals surface area contributed by atoms with Gasteiger partial charge in [0.2, 0.25) is 0 Å². The van der Waals surface area contributed by atoms with E-state index >= 15 is 0 Å². The predicted molar refractivity (Wildman–Crippen MR) is 118 cm³/mol. The van der Waals surface area contributed by atoms with Gasteiger partial charge in [-0.25, -0.2) is 9.79 Å². The van der Waals surface area contributed by atoms with Gasteiger partial charge in [-0.1, -0.05) is 24.3 Å². The van der Waals surface area contributed by atoms with Crippen LogP contribution in [0.4, 0.5) is 10.5 Å². The molecule has 2 aromatic rings. The fourth-order valence-corrected chi connectivity index (χ4v) is 2.56. The molecule has 2 amide bonds. The van der Waals surface area contributed by atoms with E-state index in [2.05, 4.69) is 26.3 Å². The maximum absolute atomic E-state index is 11.8. The van der Waals surface area contributed by atoms with Crippen LogP contribution in [-0.2, 0) is 13.1 Å². The monoisotopic (exact) mass is 397 g/mol. The maximum atomic E-state index is 11.8. The van der Waals surface area contributed by atoms with Gasteiger partial charge in [-0.3, -0.25) is 0 Å². The number of methoxy groups -OCH3 is 1. The lowest BCUT2D eigenvalue weighted by Gasteiger charge is -2.13. The molecule has 0 aliphatic carbocycles. The molecule has 0 heterocycles. The molecule has 0 saturated heterocycles. The highest BCUT2D eigenvalue weighted by Crippen LogP contribution is 2.12. The Morgan fingerprint density at radius 2 is 1.66 bits per heavy atom. The van der Waals surface area contributed by atoms with E-state index in [1.807, 2.05) is 69.3 Å². The zero-order chi connectivity index (χ0) is 21.1. The van der Waals surface area contributed by atoms with E-state index in [4.69, 9.17) is 4.74 Å². The summed E-state index contributed by atoms with van der Waals surface area (Å²) >= 11 is 0. The van der Waals surface area contributed by atoms with Crippen molar-refractivity contribution < 1.29 is 9.53 Å². The molecule has 0 saturated carbocycles. The first-order chi connectivity index (χ1) is 14.0. The second kappa shape index (κ2) is 11.6. The van der Waals surface area contributed by atoms with Crippen LogP contribution in [0.15, 0.2) is 53.5 Å². The molecule has 0 bridgehead atoms. The lowest BCUT2D eigenvalue weighted by atomic mass is 10.2. The second-order valence-corrected chi connectivity index (χ2v) is 6.85. The van der Waals surface area contributed by atoms with Crippen molar-refractivity contribution in [3.8, 4) is 5.75 Å². The zero-order valence-electron chi connectivity index (χ0n) is 17.6. The average Bonchev–Trinajstić information content (AvgIpc) is 2.71. The van der Waals surface area contributed by atoms with Crippen LogP contribution < -0.4 is 26.0 Å². The molecule has 0 fully saturated rings. The summed E-state index contributed by atoms with van der Waals surface area (Å²) in [6, 6.07) is 15.5. The lowest BCUT2D eigenvalue weighted by molar-refractivity contribution is 0.250. The van der Waals surface area contributed by atoms with Crippen molar-refractivity contribution in [3.05, 3.63) is 59.7 Å². The topological polar surface area (TPSA) is 86.8 Å². The first-order valence-electron chi connectivity index (χ1n) is 9.81. The zero-order valence-corrected chi connectivity index (χ0v) is 17.6. The van der Waals surface area contributed by atoms with Crippen molar-refractivity contribution in [1.29, 1.82) is 0 Å². The molecule has 0 aliphatic heterocycles. The fourth-order valence-electron chi connectivity index (χ4n) is 2.56. The number of anilines is 1. The number of urea groups is 1. The first kappa shape index (κ1) is 22.1. The Bertz CT molecular complexity index is 786. The van der Waals surface area contributed by atoms with Crippen molar-refractivity contribution >= 4 is 17.7 Å². The minimum atomic E-state index is -0.203. The molecule has 7 nitrogen and oxygen atoms in total. The highest BCUT2D eigenvalue weighted by molar-refractivity contribution is 5.89. The number of rotatable bonds is 8. The fraction of sp³-hybridized carbons (Fsp3) is 0.364. The standard InChI is InChI=1S/C22H31N5O2/c1-5-23-21(25-15-18-8-12-20(29-4)13-9-18)24-14-17-6-10-19(11-7-17)27-22(28)26-16(2)3/h6-13,16H,5,14-15H2,1-4H3,(H2,23,24,25)(H2,26,27,28). The van der Waals surface area contributed by atoms with Crippen LogP contribution >= 0.6 is 0 Å². The van der Waals surface area contributed by atoms with Crippen molar-refractivity contribution in [1.82, 2.24) is 16.0 Å². The number of hydrogen-bond acceptors (Lipinski definition) is 3. The van der Waals surface area contributed by atoms with Crippen molar-refractivity contribution in [2.45, 2.75) is 39.9 Å². The second-order valence-electron chi connectivity index (χ2n) is 6.85. The molecule has 2 aromatic carbocycles. The smallest absolute Gasteiger partial charge is 0.319 e. The Hall–Kier alpha value is -3.22. The summed E-state index contributed by atoms with van der Waals surface area (Å²) in [6.45, 7) is 7.87. The van der Waals surface area contributed by atoms with E-state index in [0.29, 0.717) is 13.1 Å². The molecule has 0 atom stereocenters. The van der Waals surface area contributed by atoms with Crippen LogP contribution in [0.5, 0.6) is 5.75 Å². The van der Waals surface area contributed by atoms with Crippen molar-refractivity contribution in [2.75, 3.05) is 19.0 Å². The predicted octanol–water partition coefficient (Wildman–Crippen LogP) is 3.48. The molecule has 0 aromatic heterocycles. The van der Waals surface area contributed by atoms with E-state index in [1.165, 1.54) is 0 Å². The molecule has 0 aliphatic rings. The highest BCUT2D eigenvalue weighted by Gasteiger charge is 2.04. The number of guanidine groups is 1. The molecule has 29 heavy (non-hydrogen) atoms. The summed E-state index contributed by atoms with van der Waals surface area (Å²) in [5, 5.41) is 12.2. The van der Waals surface area contributed by atoms with Gasteiger partial charge in [0, 0.05) is 24.8 Å². The van der Waals surface area contributed by atoms with Gasteiger partial charge < -0.3 is 26.0 Å². The average molecular weight is 398 g/mol. The first-order valence-corrected chi connectivity index (χ1v) is 9.81. The molecular formula is C22H31N5O2. The van der Waals surface area contributed by atoms with Gasteiger partial charge in [0.15, 0.2) is 5.96 Å². The van der Waals surface area contributed by atoms with Gasteiger partial charge in [-0.15, -0.1) is 0 Å². The Kier molecular flexibility index (Phi) is 8.82. The molecule has 0 unspecified atom stereocenters. The number of hydrogen-bond donors (Lipinski definition) is 4. The third-order valence-corrected chi connectivity index (χ3v) is 4.01. The number of nitrogens with one attached hydrogen (secondary N) is 4. The van der Waals surface area contributed by atoms with E-state index < -0.39 is 0 Å². The number of benzene rings is 2. The van der Waals surface area contributed by atoms with Gasteiger partial charge in [-0.2, -0.15) is 0 Å². The Labute approximate surface area is 173 Å². The van der Waals surface area contributed by atoms with Crippen molar-refractivity contribution in [3.63, 3.8) is 0 Å². The summed E-state index contributed by atoms with van der Waals surface area (Å²) < 4.78 is 5.18. The largest absolute Gasteiger partial charge is 0.497 e. The third-order valence-electron chi connectivity index (χ3n) is 4.01. The van der Waals surface area contributed by atoms with Crippen LogP contribution in [-0.4, -0.2) is 31.7 Å². The molecule has 156 valence electrons. The number of nitrogens with zero attached hydrogens (tertiary/aromatic N) is 1. The van der Waals surface area contributed by atoms with Crippen LogP contribution in [0.3, 0.4) is 0 Å². The Balaban J connectivity index is 1.89. The van der Waals surface area contributed by atoms with Crippen LogP contribution in [0, 0.1) is 0 Å². The number of carbonyl (C=O) groups excluding carboxylic acids is 1. The minimum absolute atomic E-state index is 0.0974. The normalized spacial score (nSPS) is 11.1. The lowest BCUT2D eigenvalue weighted by Crippen LogP contribution is -2.36. The summed E-state index contributed by atoms with van der Waals surface area (Å²) in [4.78, 5) is 16.4. The summed E-state index contributed by atoms with van der Waals surface area (Å²) in [5.74, 6) is 1.59.